The number of hydrogen-bond donors (Lipinski definition) is 1. The molecule has 0 aromatic heterocycles. The zero-order valence-corrected chi connectivity index (χ0v) is 10.3. The van der Waals surface area contributed by atoms with E-state index in [1.54, 1.807) is 0 Å². The highest BCUT2D eigenvalue weighted by molar-refractivity contribution is 5.77. The molecular weight excluding hydrogens is 245 g/mol. The minimum atomic E-state index is -4.20. The van der Waals surface area contributed by atoms with Crippen molar-refractivity contribution in [3.8, 4) is 0 Å². The maximum atomic E-state index is 12.6. The van der Waals surface area contributed by atoms with Crippen molar-refractivity contribution in [2.45, 2.75) is 50.2 Å². The summed E-state index contributed by atoms with van der Waals surface area (Å²) in [6, 6.07) is 0. The topological polar surface area (TPSA) is 46.3 Å². The number of piperidine rings is 1. The zero-order valence-electron chi connectivity index (χ0n) is 10.3. The van der Waals surface area contributed by atoms with Crippen LogP contribution in [0.5, 0.6) is 0 Å². The highest BCUT2D eigenvalue weighted by Crippen LogP contribution is 2.35. The largest absolute Gasteiger partial charge is 0.393 e. The number of rotatable bonds is 2. The summed E-state index contributed by atoms with van der Waals surface area (Å²) in [6.45, 7) is 0.236. The SMILES string of the molecule is NC1(CC(=O)N2CCCC(C(F)(F)F)C2)CCC1. The molecule has 1 amide bonds. The predicted molar refractivity (Wildman–Crippen MR) is 60.7 cm³/mol. The molecule has 1 heterocycles. The van der Waals surface area contributed by atoms with Crippen LogP contribution in [0.3, 0.4) is 0 Å². The quantitative estimate of drug-likeness (QED) is 0.829. The summed E-state index contributed by atoms with van der Waals surface area (Å²) in [6.07, 6.45) is -0.846. The summed E-state index contributed by atoms with van der Waals surface area (Å²) in [5.74, 6) is -1.59. The standard InChI is InChI=1S/C12H19F3N2O/c13-12(14,15)9-3-1-6-17(8-9)10(18)7-11(16)4-2-5-11/h9H,1-8,16H2. The lowest BCUT2D eigenvalue weighted by Gasteiger charge is -2.40. The van der Waals surface area contributed by atoms with Crippen molar-refractivity contribution in [2.24, 2.45) is 11.7 Å². The molecule has 2 rings (SSSR count). The average molecular weight is 264 g/mol. The van der Waals surface area contributed by atoms with Crippen molar-refractivity contribution in [1.82, 2.24) is 4.90 Å². The summed E-state index contributed by atoms with van der Waals surface area (Å²) in [4.78, 5) is 13.3. The Kier molecular flexibility index (Phi) is 3.58. The van der Waals surface area contributed by atoms with Gasteiger partial charge in [0.15, 0.2) is 0 Å². The number of alkyl halides is 3. The summed E-state index contributed by atoms with van der Waals surface area (Å²) in [7, 11) is 0. The maximum absolute atomic E-state index is 12.6. The fourth-order valence-corrected chi connectivity index (χ4v) is 2.69. The van der Waals surface area contributed by atoms with Crippen LogP contribution in [0.4, 0.5) is 13.2 Å². The first kappa shape index (κ1) is 13.6. The molecule has 2 aliphatic rings. The molecule has 0 radical (unpaired) electrons. The molecule has 0 aromatic carbocycles. The number of nitrogens with zero attached hydrogens (tertiary/aromatic N) is 1. The summed E-state index contributed by atoms with van der Waals surface area (Å²) in [5, 5.41) is 0. The second-order valence-electron chi connectivity index (χ2n) is 5.61. The van der Waals surface area contributed by atoms with Gasteiger partial charge in [0.1, 0.15) is 0 Å². The van der Waals surface area contributed by atoms with Gasteiger partial charge in [-0.2, -0.15) is 13.2 Å². The smallest absolute Gasteiger partial charge is 0.342 e. The van der Waals surface area contributed by atoms with Gasteiger partial charge >= 0.3 is 6.18 Å². The van der Waals surface area contributed by atoms with Gasteiger partial charge in [-0.1, -0.05) is 0 Å². The van der Waals surface area contributed by atoms with E-state index in [2.05, 4.69) is 0 Å². The van der Waals surface area contributed by atoms with E-state index in [4.69, 9.17) is 5.73 Å². The third-order valence-corrected chi connectivity index (χ3v) is 4.09. The Balaban J connectivity index is 1.90. The Bertz CT molecular complexity index is 326. The van der Waals surface area contributed by atoms with E-state index in [1.165, 1.54) is 4.90 Å². The highest BCUT2D eigenvalue weighted by Gasteiger charge is 2.43. The number of likely N-dealkylation sites (tertiary alicyclic amines) is 1. The van der Waals surface area contributed by atoms with Crippen LogP contribution in [0.25, 0.3) is 0 Å². The molecule has 0 bridgehead atoms. The molecule has 1 unspecified atom stereocenters. The van der Waals surface area contributed by atoms with Crippen LogP contribution in [0.15, 0.2) is 0 Å². The average Bonchev–Trinajstić information content (AvgIpc) is 2.26. The van der Waals surface area contributed by atoms with Gasteiger partial charge < -0.3 is 10.6 Å². The number of amides is 1. The van der Waals surface area contributed by atoms with Crippen molar-refractivity contribution in [1.29, 1.82) is 0 Å². The van der Waals surface area contributed by atoms with Crippen LogP contribution in [-0.2, 0) is 4.79 Å². The Hall–Kier alpha value is -0.780. The Labute approximate surface area is 104 Å². The van der Waals surface area contributed by atoms with Crippen molar-refractivity contribution in [2.75, 3.05) is 13.1 Å². The van der Waals surface area contributed by atoms with E-state index >= 15 is 0 Å². The van der Waals surface area contributed by atoms with Crippen LogP contribution in [-0.4, -0.2) is 35.6 Å². The van der Waals surface area contributed by atoms with E-state index in [1.807, 2.05) is 0 Å². The summed E-state index contributed by atoms with van der Waals surface area (Å²) >= 11 is 0. The zero-order chi connectivity index (χ0) is 13.4. The number of hydrogen-bond acceptors (Lipinski definition) is 2. The Morgan fingerprint density at radius 1 is 1.33 bits per heavy atom. The van der Waals surface area contributed by atoms with E-state index in [9.17, 15) is 18.0 Å². The number of carbonyl (C=O) groups is 1. The number of nitrogens with two attached hydrogens (primary N) is 1. The third kappa shape index (κ3) is 2.96. The minimum absolute atomic E-state index is 0.126. The lowest BCUT2D eigenvalue weighted by Crippen LogP contribution is -2.52. The molecule has 0 spiro atoms. The normalized spacial score (nSPS) is 27.8. The molecule has 1 aliphatic carbocycles. The van der Waals surface area contributed by atoms with Crippen molar-refractivity contribution >= 4 is 5.91 Å². The molecule has 18 heavy (non-hydrogen) atoms. The van der Waals surface area contributed by atoms with Gasteiger partial charge in [0.05, 0.1) is 5.92 Å². The van der Waals surface area contributed by atoms with Crippen LogP contribution in [0, 0.1) is 5.92 Å². The van der Waals surface area contributed by atoms with E-state index in [0.717, 1.165) is 19.3 Å². The number of halogens is 3. The van der Waals surface area contributed by atoms with E-state index in [-0.39, 0.29) is 25.3 Å². The second-order valence-corrected chi connectivity index (χ2v) is 5.61. The lowest BCUT2D eigenvalue weighted by molar-refractivity contribution is -0.188. The first-order chi connectivity index (χ1) is 8.30. The molecule has 3 nitrogen and oxygen atoms in total. The first-order valence-corrected chi connectivity index (χ1v) is 6.44. The monoisotopic (exact) mass is 264 g/mol. The molecule has 2 N–H and O–H groups in total. The molecule has 104 valence electrons. The van der Waals surface area contributed by atoms with Gasteiger partial charge in [-0.05, 0) is 32.1 Å². The second kappa shape index (κ2) is 4.72. The van der Waals surface area contributed by atoms with Gasteiger partial charge in [-0.15, -0.1) is 0 Å². The third-order valence-electron chi connectivity index (χ3n) is 4.09. The van der Waals surface area contributed by atoms with E-state index < -0.39 is 17.6 Å². The highest BCUT2D eigenvalue weighted by atomic mass is 19.4. The Morgan fingerprint density at radius 3 is 2.50 bits per heavy atom. The molecule has 2 fully saturated rings. The van der Waals surface area contributed by atoms with Crippen LogP contribution < -0.4 is 5.73 Å². The molecule has 1 aliphatic heterocycles. The van der Waals surface area contributed by atoms with Gasteiger partial charge in [0.25, 0.3) is 0 Å². The van der Waals surface area contributed by atoms with Crippen molar-refractivity contribution < 1.29 is 18.0 Å². The summed E-state index contributed by atoms with van der Waals surface area (Å²) < 4.78 is 37.9. The van der Waals surface area contributed by atoms with Gasteiger partial charge in [-0.25, -0.2) is 0 Å². The first-order valence-electron chi connectivity index (χ1n) is 6.44. The molecule has 1 atom stereocenters. The van der Waals surface area contributed by atoms with E-state index in [0.29, 0.717) is 13.0 Å². The van der Waals surface area contributed by atoms with Crippen LogP contribution >= 0.6 is 0 Å². The van der Waals surface area contributed by atoms with Gasteiger partial charge in [0, 0.05) is 25.0 Å². The van der Waals surface area contributed by atoms with Gasteiger partial charge in [0.2, 0.25) is 5.91 Å². The maximum Gasteiger partial charge on any atom is 0.393 e. The van der Waals surface area contributed by atoms with Gasteiger partial charge in [-0.3, -0.25) is 4.79 Å². The fraction of sp³-hybridized carbons (Fsp3) is 0.917. The van der Waals surface area contributed by atoms with Crippen molar-refractivity contribution in [3.05, 3.63) is 0 Å². The predicted octanol–water partition coefficient (Wildman–Crippen LogP) is 2.06. The molecule has 0 aromatic rings. The minimum Gasteiger partial charge on any atom is -0.342 e. The lowest BCUT2D eigenvalue weighted by atomic mass is 9.75. The van der Waals surface area contributed by atoms with Crippen molar-refractivity contribution in [3.63, 3.8) is 0 Å². The molecule has 6 heteroatoms. The molecule has 1 saturated carbocycles. The summed E-state index contributed by atoms with van der Waals surface area (Å²) in [5.41, 5.74) is 5.51. The number of carbonyl (C=O) groups excluding carboxylic acids is 1. The van der Waals surface area contributed by atoms with Crippen LogP contribution in [0.2, 0.25) is 0 Å². The van der Waals surface area contributed by atoms with Crippen LogP contribution in [0.1, 0.15) is 38.5 Å². The fourth-order valence-electron chi connectivity index (χ4n) is 2.69. The molecular formula is C12H19F3N2O. The molecule has 1 saturated heterocycles. The Morgan fingerprint density at radius 2 is 2.00 bits per heavy atom.